The maximum absolute atomic E-state index is 11.7. The maximum atomic E-state index is 11.7. The number of aliphatic imine (C=N–C) groups is 1. The number of aliphatic hydroxyl groups excluding tert-OH is 2. The van der Waals surface area contributed by atoms with E-state index < -0.39 is 24.5 Å². The Morgan fingerprint density at radius 2 is 1.97 bits per heavy atom. The molecule has 34 heavy (non-hydrogen) atoms. The van der Waals surface area contributed by atoms with Crippen LogP contribution < -0.4 is 10.7 Å². The molecule has 1 amide bonds. The molecular formula is C25H25N5O4. The van der Waals surface area contributed by atoms with Crippen LogP contribution in [0.3, 0.4) is 0 Å². The van der Waals surface area contributed by atoms with Gasteiger partial charge in [-0.3, -0.25) is 15.2 Å². The molecule has 4 N–H and O–H groups in total. The molecule has 1 saturated heterocycles. The minimum Gasteiger partial charge on any atom is -0.388 e. The molecule has 3 aliphatic rings. The lowest BCUT2D eigenvalue weighted by Gasteiger charge is -2.26. The number of carbonyl (C=O) groups excluding carboxylic acids is 1. The van der Waals surface area contributed by atoms with Gasteiger partial charge in [-0.2, -0.15) is 0 Å². The molecule has 2 aromatic carbocycles. The van der Waals surface area contributed by atoms with Gasteiger partial charge in [-0.1, -0.05) is 30.3 Å². The Labute approximate surface area is 196 Å². The van der Waals surface area contributed by atoms with Crippen LogP contribution in [0.25, 0.3) is 11.1 Å². The number of ether oxygens (including phenoxy) is 1. The van der Waals surface area contributed by atoms with Crippen molar-refractivity contribution < 1.29 is 19.7 Å². The average Bonchev–Trinajstić information content (AvgIpc) is 3.48. The molecule has 174 valence electrons. The van der Waals surface area contributed by atoms with Gasteiger partial charge >= 0.3 is 0 Å². The highest BCUT2D eigenvalue weighted by Gasteiger charge is 2.42. The van der Waals surface area contributed by atoms with Crippen LogP contribution in [0, 0.1) is 0 Å². The number of anilines is 2. The Balaban J connectivity index is 1.34. The van der Waals surface area contributed by atoms with Crippen LogP contribution in [0.1, 0.15) is 24.3 Å². The summed E-state index contributed by atoms with van der Waals surface area (Å²) in [4.78, 5) is 16.4. The summed E-state index contributed by atoms with van der Waals surface area (Å²) < 4.78 is 7.70. The van der Waals surface area contributed by atoms with Gasteiger partial charge in [0.1, 0.15) is 24.4 Å². The van der Waals surface area contributed by atoms with Crippen LogP contribution in [0.4, 0.5) is 17.2 Å². The molecular weight excluding hydrogens is 434 g/mol. The van der Waals surface area contributed by atoms with Crippen molar-refractivity contribution in [2.45, 2.75) is 44.4 Å². The monoisotopic (exact) mass is 459 g/mol. The van der Waals surface area contributed by atoms with Gasteiger partial charge in [-0.15, -0.1) is 0 Å². The average molecular weight is 460 g/mol. The number of rotatable bonds is 4. The number of amides is 1. The fraction of sp³-hybridized carbons (Fsp3) is 0.280. The molecule has 1 aromatic heterocycles. The summed E-state index contributed by atoms with van der Waals surface area (Å²) in [6, 6.07) is 15.8. The second kappa shape index (κ2) is 7.98. The standard InChI is InChI=1S/C25H25N5O4/c1-14-22(32)23(33)25(34-14)30-12-18(15-5-3-2-4-6-15)19-11-29(13-26-24(19)30)28-17-7-8-20-16(9-17)10-21(31)27-20/h2-9,12-14,22-23,25,28,32-33H,10-11H2,1H3,(H,27,31)/t14-,22-,23-,25-/m1/s1. The van der Waals surface area contributed by atoms with Gasteiger partial charge in [0.05, 0.1) is 24.8 Å². The maximum Gasteiger partial charge on any atom is 0.228 e. The van der Waals surface area contributed by atoms with E-state index in [4.69, 9.17) is 9.73 Å². The van der Waals surface area contributed by atoms with Crippen molar-refractivity contribution in [3.05, 3.63) is 65.9 Å². The topological polar surface area (TPSA) is 111 Å². The van der Waals surface area contributed by atoms with Crippen molar-refractivity contribution in [1.82, 2.24) is 9.58 Å². The first-order chi connectivity index (χ1) is 16.5. The van der Waals surface area contributed by atoms with Crippen LogP contribution in [0.15, 0.2) is 59.7 Å². The molecule has 0 radical (unpaired) electrons. The third kappa shape index (κ3) is 3.45. The first-order valence-electron chi connectivity index (χ1n) is 11.3. The number of aromatic nitrogens is 1. The Morgan fingerprint density at radius 3 is 2.74 bits per heavy atom. The van der Waals surface area contributed by atoms with E-state index in [1.165, 1.54) is 0 Å². The first-order valence-corrected chi connectivity index (χ1v) is 11.3. The third-order valence-corrected chi connectivity index (χ3v) is 6.59. The second-order valence-electron chi connectivity index (χ2n) is 8.91. The van der Waals surface area contributed by atoms with Crippen molar-refractivity contribution in [3.63, 3.8) is 0 Å². The SMILES string of the molecule is C[C@H]1O[C@@H](n2cc(-c3ccccc3)c3c2N=CN(Nc2ccc4c(c2)CC(=O)N4)C3)[C@H](O)[C@@H]1O. The lowest BCUT2D eigenvalue weighted by Crippen LogP contribution is -2.31. The Kier molecular flexibility index (Phi) is 4.91. The number of benzene rings is 2. The number of carbonyl (C=O) groups is 1. The van der Waals surface area contributed by atoms with Crippen molar-refractivity contribution >= 4 is 29.4 Å². The van der Waals surface area contributed by atoms with Gasteiger partial charge in [-0.25, -0.2) is 4.99 Å². The van der Waals surface area contributed by atoms with Gasteiger partial charge in [0.15, 0.2) is 6.23 Å². The Bertz CT molecular complexity index is 1290. The zero-order chi connectivity index (χ0) is 23.4. The van der Waals surface area contributed by atoms with Crippen LogP contribution >= 0.6 is 0 Å². The van der Waals surface area contributed by atoms with Gasteiger partial charge < -0.3 is 24.8 Å². The smallest absolute Gasteiger partial charge is 0.228 e. The summed E-state index contributed by atoms with van der Waals surface area (Å²) in [6.07, 6.45) is 0.787. The normalized spacial score (nSPS) is 25.3. The van der Waals surface area contributed by atoms with Crippen molar-refractivity contribution in [2.24, 2.45) is 4.99 Å². The molecule has 9 nitrogen and oxygen atoms in total. The summed E-state index contributed by atoms with van der Waals surface area (Å²) in [5, 5.41) is 25.6. The highest BCUT2D eigenvalue weighted by molar-refractivity contribution is 5.99. The molecule has 4 atom stereocenters. The van der Waals surface area contributed by atoms with E-state index in [0.717, 1.165) is 33.6 Å². The predicted octanol–water partition coefficient (Wildman–Crippen LogP) is 2.79. The highest BCUT2D eigenvalue weighted by Crippen LogP contribution is 2.41. The molecule has 0 spiro atoms. The second-order valence-corrected chi connectivity index (χ2v) is 8.91. The van der Waals surface area contributed by atoms with E-state index in [9.17, 15) is 15.0 Å². The fourth-order valence-electron chi connectivity index (χ4n) is 4.84. The van der Waals surface area contributed by atoms with Crippen molar-refractivity contribution in [2.75, 3.05) is 10.7 Å². The molecule has 6 rings (SSSR count). The molecule has 0 aliphatic carbocycles. The number of fused-ring (bicyclic) bond motifs is 2. The predicted molar refractivity (Wildman–Crippen MR) is 128 cm³/mol. The van der Waals surface area contributed by atoms with E-state index >= 15 is 0 Å². The molecule has 0 saturated carbocycles. The van der Waals surface area contributed by atoms with Crippen molar-refractivity contribution in [1.29, 1.82) is 0 Å². The summed E-state index contributed by atoms with van der Waals surface area (Å²) in [7, 11) is 0. The molecule has 1 fully saturated rings. The van der Waals surface area contributed by atoms with Crippen LogP contribution in [0.2, 0.25) is 0 Å². The number of nitrogens with zero attached hydrogens (tertiary/aromatic N) is 3. The van der Waals surface area contributed by atoms with E-state index in [2.05, 4.69) is 10.7 Å². The minimum atomic E-state index is -1.05. The first kappa shape index (κ1) is 20.9. The van der Waals surface area contributed by atoms with Crippen LogP contribution in [0.5, 0.6) is 0 Å². The summed E-state index contributed by atoms with van der Waals surface area (Å²) >= 11 is 0. The van der Waals surface area contributed by atoms with Gasteiger partial charge in [0.25, 0.3) is 0 Å². The van der Waals surface area contributed by atoms with Gasteiger partial charge in [0, 0.05) is 23.0 Å². The summed E-state index contributed by atoms with van der Waals surface area (Å²) in [6.45, 7) is 2.27. The number of hydrogen-bond acceptors (Lipinski definition) is 7. The lowest BCUT2D eigenvalue weighted by molar-refractivity contribution is -0.115. The van der Waals surface area contributed by atoms with Gasteiger partial charge in [0.2, 0.25) is 5.91 Å². The quantitative estimate of drug-likeness (QED) is 0.478. The third-order valence-electron chi connectivity index (χ3n) is 6.59. The number of aliphatic hydroxyl groups is 2. The largest absolute Gasteiger partial charge is 0.388 e. The van der Waals surface area contributed by atoms with Crippen molar-refractivity contribution in [3.8, 4) is 11.1 Å². The summed E-state index contributed by atoms with van der Waals surface area (Å²) in [5.41, 5.74) is 9.01. The van der Waals surface area contributed by atoms with Crippen LogP contribution in [-0.2, 0) is 22.5 Å². The summed E-state index contributed by atoms with van der Waals surface area (Å²) in [5.74, 6) is 0.687. The lowest BCUT2D eigenvalue weighted by atomic mass is 10.0. The fourth-order valence-corrected chi connectivity index (χ4v) is 4.84. The Morgan fingerprint density at radius 1 is 1.15 bits per heavy atom. The zero-order valence-electron chi connectivity index (χ0n) is 18.5. The van der Waals surface area contributed by atoms with E-state index in [0.29, 0.717) is 18.8 Å². The number of nitrogens with one attached hydrogen (secondary N) is 2. The Hall–Kier alpha value is -3.66. The highest BCUT2D eigenvalue weighted by atomic mass is 16.6. The molecule has 0 bridgehead atoms. The molecule has 4 heterocycles. The molecule has 3 aromatic rings. The van der Waals surface area contributed by atoms with E-state index in [1.54, 1.807) is 13.3 Å². The number of hydrazine groups is 1. The molecule has 0 unspecified atom stereocenters. The number of hydrogen-bond donors (Lipinski definition) is 4. The molecule has 3 aliphatic heterocycles. The van der Waals surface area contributed by atoms with Crippen LogP contribution in [-0.4, -0.2) is 50.3 Å². The zero-order valence-corrected chi connectivity index (χ0v) is 18.5. The van der Waals surface area contributed by atoms with E-state index in [1.807, 2.05) is 64.3 Å². The molecule has 9 heteroatoms. The van der Waals surface area contributed by atoms with E-state index in [-0.39, 0.29) is 5.91 Å². The van der Waals surface area contributed by atoms with Gasteiger partial charge in [-0.05, 0) is 36.2 Å². The minimum absolute atomic E-state index is 0.000857.